The van der Waals surface area contributed by atoms with E-state index in [-0.39, 0.29) is 11.4 Å². The number of pyridine rings is 1. The maximum absolute atomic E-state index is 12.6. The molecular weight excluding hydrogens is 314 g/mol. The molecule has 1 heterocycles. The molecule has 2 aromatic rings. The van der Waals surface area contributed by atoms with Crippen molar-refractivity contribution in [3.63, 3.8) is 0 Å². The molecule has 25 heavy (non-hydrogen) atoms. The smallest absolute Gasteiger partial charge is 0.271 e. The third-order valence-electron chi connectivity index (χ3n) is 4.67. The van der Waals surface area contributed by atoms with E-state index in [1.807, 2.05) is 50.2 Å². The van der Waals surface area contributed by atoms with Gasteiger partial charge in [0.2, 0.25) is 0 Å². The predicted octanol–water partition coefficient (Wildman–Crippen LogP) is 2.82. The second-order valence-electron chi connectivity index (χ2n) is 6.07. The summed E-state index contributed by atoms with van der Waals surface area (Å²) in [6.45, 7) is 8.36. The van der Waals surface area contributed by atoms with Gasteiger partial charge in [0, 0.05) is 18.7 Å². The van der Waals surface area contributed by atoms with Gasteiger partial charge in [-0.05, 0) is 37.6 Å². The highest BCUT2D eigenvalue weighted by atomic mass is 16.3. The first-order valence-corrected chi connectivity index (χ1v) is 8.65. The van der Waals surface area contributed by atoms with E-state index in [9.17, 15) is 15.2 Å². The Morgan fingerprint density at radius 3 is 2.40 bits per heavy atom. The van der Waals surface area contributed by atoms with Crippen LogP contribution in [0.5, 0.6) is 5.88 Å². The van der Waals surface area contributed by atoms with E-state index < -0.39 is 5.56 Å². The Kier molecular flexibility index (Phi) is 6.37. The largest absolute Gasteiger partial charge is 0.494 e. The Balaban J connectivity index is 2.44. The van der Waals surface area contributed by atoms with Crippen molar-refractivity contribution >= 4 is 0 Å². The van der Waals surface area contributed by atoms with E-state index in [1.165, 1.54) is 4.57 Å². The third kappa shape index (κ3) is 4.09. The van der Waals surface area contributed by atoms with Gasteiger partial charge in [0.15, 0.2) is 5.88 Å². The van der Waals surface area contributed by atoms with Crippen LogP contribution in [0, 0.1) is 18.3 Å². The van der Waals surface area contributed by atoms with Gasteiger partial charge in [-0.3, -0.25) is 14.3 Å². The fourth-order valence-electron chi connectivity index (χ4n) is 2.96. The summed E-state index contributed by atoms with van der Waals surface area (Å²) < 4.78 is 1.33. The molecule has 0 fully saturated rings. The SMILES string of the molecule is CCN(CC)Cc1c(C)c(C#N)c(=O)n(CCc2ccccc2)c1O. The number of hydrogen-bond donors (Lipinski definition) is 1. The molecule has 0 saturated heterocycles. The minimum Gasteiger partial charge on any atom is -0.494 e. The molecule has 0 aliphatic heterocycles. The van der Waals surface area contributed by atoms with Crippen molar-refractivity contribution in [1.82, 2.24) is 9.47 Å². The van der Waals surface area contributed by atoms with Crippen molar-refractivity contribution in [3.8, 4) is 11.9 Å². The molecule has 5 nitrogen and oxygen atoms in total. The highest BCUT2D eigenvalue weighted by molar-refractivity contribution is 5.45. The van der Waals surface area contributed by atoms with Gasteiger partial charge >= 0.3 is 0 Å². The Hall–Kier alpha value is -2.58. The van der Waals surface area contributed by atoms with Crippen molar-refractivity contribution in [1.29, 1.82) is 5.26 Å². The van der Waals surface area contributed by atoms with E-state index in [0.29, 0.717) is 30.6 Å². The van der Waals surface area contributed by atoms with E-state index >= 15 is 0 Å². The summed E-state index contributed by atoms with van der Waals surface area (Å²) in [5.41, 5.74) is 2.02. The van der Waals surface area contributed by atoms with Crippen LogP contribution in [0.25, 0.3) is 0 Å². The number of hydrogen-bond acceptors (Lipinski definition) is 4. The van der Waals surface area contributed by atoms with Crippen LogP contribution in [0.2, 0.25) is 0 Å². The lowest BCUT2D eigenvalue weighted by molar-refractivity contribution is 0.285. The van der Waals surface area contributed by atoms with Crippen molar-refractivity contribution < 1.29 is 5.11 Å². The number of rotatable bonds is 7. The van der Waals surface area contributed by atoms with Crippen LogP contribution >= 0.6 is 0 Å². The molecule has 1 N–H and O–H groups in total. The number of aromatic nitrogens is 1. The molecule has 132 valence electrons. The van der Waals surface area contributed by atoms with Crippen LogP contribution in [0.15, 0.2) is 35.1 Å². The molecule has 5 heteroatoms. The molecule has 0 atom stereocenters. The molecule has 0 amide bonds. The van der Waals surface area contributed by atoms with Crippen molar-refractivity contribution in [2.24, 2.45) is 0 Å². The second-order valence-corrected chi connectivity index (χ2v) is 6.07. The summed E-state index contributed by atoms with van der Waals surface area (Å²) in [6.07, 6.45) is 0.618. The van der Waals surface area contributed by atoms with Gasteiger partial charge < -0.3 is 5.11 Å². The standard InChI is InChI=1S/C20H25N3O2/c1-4-22(5-2)14-18-15(3)17(13-21)19(24)23(20(18)25)12-11-16-9-7-6-8-10-16/h6-10,25H,4-5,11-12,14H2,1-3H3. The molecule has 1 aromatic heterocycles. The maximum atomic E-state index is 12.6. The molecular formula is C20H25N3O2. The summed E-state index contributed by atoms with van der Waals surface area (Å²) in [6, 6.07) is 11.8. The normalized spacial score (nSPS) is 10.8. The van der Waals surface area contributed by atoms with Gasteiger partial charge in [-0.1, -0.05) is 44.2 Å². The average Bonchev–Trinajstić information content (AvgIpc) is 2.63. The molecule has 0 spiro atoms. The molecule has 0 aliphatic rings. The number of nitrogens with zero attached hydrogens (tertiary/aromatic N) is 3. The fourth-order valence-corrected chi connectivity index (χ4v) is 2.96. The Morgan fingerprint density at radius 2 is 1.84 bits per heavy atom. The second kappa shape index (κ2) is 8.50. The molecule has 0 unspecified atom stereocenters. The summed E-state index contributed by atoms with van der Waals surface area (Å²) in [7, 11) is 0. The quantitative estimate of drug-likeness (QED) is 0.842. The number of aromatic hydroxyl groups is 1. The van der Waals surface area contributed by atoms with Crippen molar-refractivity contribution in [3.05, 3.63) is 62.9 Å². The van der Waals surface area contributed by atoms with E-state index in [4.69, 9.17) is 0 Å². The summed E-state index contributed by atoms with van der Waals surface area (Å²) in [5.74, 6) is -0.0238. The highest BCUT2D eigenvalue weighted by Gasteiger charge is 2.20. The van der Waals surface area contributed by atoms with Crippen LogP contribution < -0.4 is 5.56 Å². The monoisotopic (exact) mass is 339 g/mol. The number of benzene rings is 1. The fraction of sp³-hybridized carbons (Fsp3) is 0.400. The summed E-state index contributed by atoms with van der Waals surface area (Å²) >= 11 is 0. The minimum atomic E-state index is -0.420. The average molecular weight is 339 g/mol. The zero-order chi connectivity index (χ0) is 18.4. The zero-order valence-electron chi connectivity index (χ0n) is 15.1. The first-order valence-electron chi connectivity index (χ1n) is 8.65. The van der Waals surface area contributed by atoms with Crippen LogP contribution in [0.3, 0.4) is 0 Å². The number of aryl methyl sites for hydroxylation is 1. The minimum absolute atomic E-state index is 0.0238. The lowest BCUT2D eigenvalue weighted by atomic mass is 10.0. The van der Waals surface area contributed by atoms with Crippen LogP contribution in [-0.4, -0.2) is 27.7 Å². The topological polar surface area (TPSA) is 69.3 Å². The van der Waals surface area contributed by atoms with Gasteiger partial charge in [-0.25, -0.2) is 0 Å². The lowest BCUT2D eigenvalue weighted by Crippen LogP contribution is -2.29. The van der Waals surface area contributed by atoms with Gasteiger partial charge in [-0.2, -0.15) is 5.26 Å². The zero-order valence-corrected chi connectivity index (χ0v) is 15.1. The van der Waals surface area contributed by atoms with Gasteiger partial charge in [0.05, 0.1) is 0 Å². The van der Waals surface area contributed by atoms with Crippen LogP contribution in [-0.2, 0) is 19.5 Å². The summed E-state index contributed by atoms with van der Waals surface area (Å²) in [5, 5.41) is 20.1. The van der Waals surface area contributed by atoms with E-state index in [2.05, 4.69) is 4.90 Å². The van der Waals surface area contributed by atoms with Crippen LogP contribution in [0.1, 0.15) is 36.1 Å². The Labute approximate surface area is 148 Å². The van der Waals surface area contributed by atoms with Gasteiger partial charge in [0.25, 0.3) is 5.56 Å². The molecule has 1 aromatic carbocycles. The molecule has 0 aliphatic carbocycles. The first-order chi connectivity index (χ1) is 12.0. The molecule has 2 rings (SSSR count). The van der Waals surface area contributed by atoms with Crippen molar-refractivity contribution in [2.75, 3.05) is 13.1 Å². The molecule has 0 bridgehead atoms. The Bertz CT molecular complexity index is 816. The third-order valence-corrected chi connectivity index (χ3v) is 4.67. The predicted molar refractivity (Wildman–Crippen MR) is 98.6 cm³/mol. The Morgan fingerprint density at radius 1 is 1.20 bits per heavy atom. The highest BCUT2D eigenvalue weighted by Crippen LogP contribution is 2.23. The maximum Gasteiger partial charge on any atom is 0.271 e. The van der Waals surface area contributed by atoms with Crippen molar-refractivity contribution in [2.45, 2.75) is 40.3 Å². The summed E-state index contributed by atoms with van der Waals surface area (Å²) in [4.78, 5) is 14.8. The van der Waals surface area contributed by atoms with Crippen LogP contribution in [0.4, 0.5) is 0 Å². The van der Waals surface area contributed by atoms with E-state index in [0.717, 1.165) is 18.7 Å². The number of nitriles is 1. The van der Waals surface area contributed by atoms with Gasteiger partial charge in [0.1, 0.15) is 11.6 Å². The molecule has 0 radical (unpaired) electrons. The lowest BCUT2D eigenvalue weighted by Gasteiger charge is -2.22. The van der Waals surface area contributed by atoms with E-state index in [1.54, 1.807) is 6.92 Å². The molecule has 0 saturated carbocycles. The van der Waals surface area contributed by atoms with Gasteiger partial charge in [-0.15, -0.1) is 0 Å². The first kappa shape index (κ1) is 18.8.